The summed E-state index contributed by atoms with van der Waals surface area (Å²) in [6.45, 7) is 0.509. The van der Waals surface area contributed by atoms with Crippen LogP contribution in [0.5, 0.6) is 5.75 Å². The molecule has 1 atom stereocenters. The van der Waals surface area contributed by atoms with Crippen LogP contribution in [0.25, 0.3) is 0 Å². The highest BCUT2D eigenvalue weighted by atomic mass is 16.5. The fraction of sp³-hybridized carbons (Fsp3) is 0.588. The van der Waals surface area contributed by atoms with E-state index in [0.29, 0.717) is 12.6 Å². The highest BCUT2D eigenvalue weighted by Crippen LogP contribution is 2.27. The Morgan fingerprint density at radius 2 is 1.85 bits per heavy atom. The van der Waals surface area contributed by atoms with Crippen molar-refractivity contribution in [2.75, 3.05) is 6.61 Å². The van der Waals surface area contributed by atoms with Gasteiger partial charge in [0, 0.05) is 6.04 Å². The first-order valence-electron chi connectivity index (χ1n) is 7.84. The molecule has 1 heterocycles. The standard InChI is InChI=1S/C17H23NO2/c19-17(18-15-8-3-1-2-4-9-15)14-11-13-7-5-6-10-16(13)20-12-14/h5-7,10,14-15H,1-4,8-9,11-12H2,(H,18,19)/t14-/m0/s1. The van der Waals surface area contributed by atoms with E-state index in [-0.39, 0.29) is 11.8 Å². The molecule has 0 unspecified atom stereocenters. The summed E-state index contributed by atoms with van der Waals surface area (Å²) in [6, 6.07) is 8.40. The van der Waals surface area contributed by atoms with Gasteiger partial charge in [-0.3, -0.25) is 4.79 Å². The number of nitrogens with one attached hydrogen (secondary N) is 1. The Balaban J connectivity index is 1.58. The van der Waals surface area contributed by atoms with E-state index in [4.69, 9.17) is 4.74 Å². The molecule has 0 radical (unpaired) electrons. The van der Waals surface area contributed by atoms with Crippen LogP contribution in [0, 0.1) is 5.92 Å². The molecule has 0 aromatic heterocycles. The smallest absolute Gasteiger partial charge is 0.227 e. The van der Waals surface area contributed by atoms with Crippen molar-refractivity contribution in [3.05, 3.63) is 29.8 Å². The number of carbonyl (C=O) groups is 1. The van der Waals surface area contributed by atoms with Crippen LogP contribution in [0.2, 0.25) is 0 Å². The Labute approximate surface area is 120 Å². The molecule has 1 N–H and O–H groups in total. The first-order chi connectivity index (χ1) is 9.83. The quantitative estimate of drug-likeness (QED) is 0.841. The summed E-state index contributed by atoms with van der Waals surface area (Å²) >= 11 is 0. The average molecular weight is 273 g/mol. The van der Waals surface area contributed by atoms with E-state index in [2.05, 4.69) is 11.4 Å². The Kier molecular flexibility index (Phi) is 4.24. The molecule has 0 bridgehead atoms. The van der Waals surface area contributed by atoms with Gasteiger partial charge in [-0.1, -0.05) is 43.9 Å². The zero-order chi connectivity index (χ0) is 13.8. The molecule has 1 amide bonds. The molecule has 1 saturated carbocycles. The minimum absolute atomic E-state index is 0.0341. The van der Waals surface area contributed by atoms with Crippen LogP contribution in [0.15, 0.2) is 24.3 Å². The lowest BCUT2D eigenvalue weighted by atomic mass is 9.95. The van der Waals surface area contributed by atoms with E-state index in [1.807, 2.05) is 18.2 Å². The van der Waals surface area contributed by atoms with E-state index in [0.717, 1.165) is 30.6 Å². The minimum Gasteiger partial charge on any atom is -0.492 e. The number of fused-ring (bicyclic) bond motifs is 1. The molecular formula is C17H23NO2. The first kappa shape index (κ1) is 13.5. The highest BCUT2D eigenvalue weighted by molar-refractivity contribution is 5.79. The number of hydrogen-bond donors (Lipinski definition) is 1. The maximum atomic E-state index is 12.4. The maximum absolute atomic E-state index is 12.4. The van der Waals surface area contributed by atoms with Crippen LogP contribution in [0.3, 0.4) is 0 Å². The molecule has 1 aromatic carbocycles. The minimum atomic E-state index is -0.0341. The number of para-hydroxylation sites is 1. The second-order valence-corrected chi connectivity index (χ2v) is 6.02. The van der Waals surface area contributed by atoms with Crippen molar-refractivity contribution in [3.63, 3.8) is 0 Å². The van der Waals surface area contributed by atoms with Crippen LogP contribution in [-0.2, 0) is 11.2 Å². The van der Waals surface area contributed by atoms with Gasteiger partial charge in [0.2, 0.25) is 5.91 Å². The van der Waals surface area contributed by atoms with Gasteiger partial charge in [-0.25, -0.2) is 0 Å². The third kappa shape index (κ3) is 3.14. The molecule has 1 aromatic rings. The van der Waals surface area contributed by atoms with Gasteiger partial charge in [0.1, 0.15) is 12.4 Å². The Morgan fingerprint density at radius 1 is 1.10 bits per heavy atom. The van der Waals surface area contributed by atoms with E-state index in [9.17, 15) is 4.79 Å². The number of ether oxygens (including phenoxy) is 1. The molecular weight excluding hydrogens is 250 g/mol. The second kappa shape index (κ2) is 6.29. The SMILES string of the molecule is O=C(NC1CCCCCC1)[C@@H]1COc2ccccc2C1. The highest BCUT2D eigenvalue weighted by Gasteiger charge is 2.27. The maximum Gasteiger partial charge on any atom is 0.227 e. The van der Waals surface area contributed by atoms with Crippen molar-refractivity contribution in [1.82, 2.24) is 5.32 Å². The van der Waals surface area contributed by atoms with Gasteiger partial charge in [-0.05, 0) is 30.9 Å². The zero-order valence-corrected chi connectivity index (χ0v) is 11.9. The molecule has 3 rings (SSSR count). The third-order valence-electron chi connectivity index (χ3n) is 4.45. The van der Waals surface area contributed by atoms with Gasteiger partial charge >= 0.3 is 0 Å². The number of amides is 1. The van der Waals surface area contributed by atoms with E-state index < -0.39 is 0 Å². The number of hydrogen-bond acceptors (Lipinski definition) is 2. The van der Waals surface area contributed by atoms with Crippen molar-refractivity contribution < 1.29 is 9.53 Å². The molecule has 108 valence electrons. The first-order valence-corrected chi connectivity index (χ1v) is 7.84. The summed E-state index contributed by atoms with van der Waals surface area (Å²) in [6.07, 6.45) is 8.18. The molecule has 1 fully saturated rings. The lowest BCUT2D eigenvalue weighted by Gasteiger charge is -2.26. The van der Waals surface area contributed by atoms with Crippen molar-refractivity contribution in [2.45, 2.75) is 51.0 Å². The Morgan fingerprint density at radius 3 is 2.65 bits per heavy atom. The van der Waals surface area contributed by atoms with E-state index in [1.54, 1.807) is 0 Å². The van der Waals surface area contributed by atoms with Crippen LogP contribution in [-0.4, -0.2) is 18.6 Å². The summed E-state index contributed by atoms with van der Waals surface area (Å²) in [7, 11) is 0. The summed E-state index contributed by atoms with van der Waals surface area (Å²) in [4.78, 5) is 12.4. The lowest BCUT2D eigenvalue weighted by molar-refractivity contribution is -0.127. The van der Waals surface area contributed by atoms with E-state index in [1.165, 1.54) is 25.7 Å². The normalized spacial score (nSPS) is 23.3. The molecule has 3 nitrogen and oxygen atoms in total. The van der Waals surface area contributed by atoms with Gasteiger partial charge in [-0.15, -0.1) is 0 Å². The zero-order valence-electron chi connectivity index (χ0n) is 11.9. The predicted octanol–water partition coefficient (Wildman–Crippen LogP) is 3.08. The number of benzene rings is 1. The van der Waals surface area contributed by atoms with Gasteiger partial charge in [0.05, 0.1) is 5.92 Å². The van der Waals surface area contributed by atoms with Crippen molar-refractivity contribution >= 4 is 5.91 Å². The monoisotopic (exact) mass is 273 g/mol. The summed E-state index contributed by atoms with van der Waals surface area (Å²) < 4.78 is 5.71. The molecule has 20 heavy (non-hydrogen) atoms. The molecule has 1 aliphatic heterocycles. The number of carbonyl (C=O) groups excluding carboxylic acids is 1. The molecule has 3 heteroatoms. The van der Waals surface area contributed by atoms with Gasteiger partial charge in [0.15, 0.2) is 0 Å². The topological polar surface area (TPSA) is 38.3 Å². The van der Waals surface area contributed by atoms with Crippen molar-refractivity contribution in [3.8, 4) is 5.75 Å². The van der Waals surface area contributed by atoms with Gasteiger partial charge in [-0.2, -0.15) is 0 Å². The Hall–Kier alpha value is -1.51. The molecule has 0 spiro atoms. The molecule has 0 saturated heterocycles. The van der Waals surface area contributed by atoms with Crippen molar-refractivity contribution in [2.24, 2.45) is 5.92 Å². The average Bonchev–Trinajstić information content (AvgIpc) is 2.75. The van der Waals surface area contributed by atoms with Crippen LogP contribution >= 0.6 is 0 Å². The molecule has 2 aliphatic rings. The van der Waals surface area contributed by atoms with Crippen molar-refractivity contribution in [1.29, 1.82) is 0 Å². The summed E-state index contributed by atoms with van der Waals surface area (Å²) in [5.74, 6) is 1.07. The second-order valence-electron chi connectivity index (χ2n) is 6.02. The fourth-order valence-corrected chi connectivity index (χ4v) is 3.24. The lowest BCUT2D eigenvalue weighted by Crippen LogP contribution is -2.42. The fourth-order valence-electron chi connectivity index (χ4n) is 3.24. The molecule has 1 aliphatic carbocycles. The Bertz CT molecular complexity index is 464. The van der Waals surface area contributed by atoms with Crippen LogP contribution in [0.1, 0.15) is 44.1 Å². The summed E-state index contributed by atoms with van der Waals surface area (Å²) in [5.41, 5.74) is 1.15. The van der Waals surface area contributed by atoms with E-state index >= 15 is 0 Å². The number of rotatable bonds is 2. The van der Waals surface area contributed by atoms with Crippen LogP contribution < -0.4 is 10.1 Å². The summed E-state index contributed by atoms with van der Waals surface area (Å²) in [5, 5.41) is 3.24. The largest absolute Gasteiger partial charge is 0.492 e. The van der Waals surface area contributed by atoms with Gasteiger partial charge < -0.3 is 10.1 Å². The predicted molar refractivity (Wildman–Crippen MR) is 78.8 cm³/mol. The third-order valence-corrected chi connectivity index (χ3v) is 4.45. The van der Waals surface area contributed by atoms with Gasteiger partial charge in [0.25, 0.3) is 0 Å². The van der Waals surface area contributed by atoms with Crippen LogP contribution in [0.4, 0.5) is 0 Å².